The van der Waals surface area contributed by atoms with Crippen molar-refractivity contribution in [1.82, 2.24) is 14.2 Å². The van der Waals surface area contributed by atoms with Crippen molar-refractivity contribution in [2.75, 3.05) is 51.2 Å². The van der Waals surface area contributed by atoms with Crippen LogP contribution in [0.5, 0.6) is 0 Å². The van der Waals surface area contributed by atoms with Gasteiger partial charge < -0.3 is 9.64 Å². The number of pyridine rings is 1. The quantitative estimate of drug-likeness (QED) is 0.741. The average Bonchev–Trinajstić information content (AvgIpc) is 3.14. The normalized spacial score (nSPS) is 25.5. The first-order valence-corrected chi connectivity index (χ1v) is 10.9. The Morgan fingerprint density at radius 2 is 1.85 bits per heavy atom. The predicted molar refractivity (Wildman–Crippen MR) is 102 cm³/mol. The number of hydrogen-bond donors (Lipinski definition) is 0. The fraction of sp³-hybridized carbons (Fsp3) is 0.722. The van der Waals surface area contributed by atoms with E-state index in [1.807, 2.05) is 7.05 Å². The van der Waals surface area contributed by atoms with Gasteiger partial charge >= 0.3 is 0 Å². The van der Waals surface area contributed by atoms with Crippen molar-refractivity contribution in [3.63, 3.8) is 0 Å². The minimum absolute atomic E-state index is 0.261. The Balaban J connectivity index is 1.57. The number of aromatic nitrogens is 1. The summed E-state index contributed by atoms with van der Waals surface area (Å²) in [4.78, 5) is 9.14. The van der Waals surface area contributed by atoms with Crippen molar-refractivity contribution in [1.29, 1.82) is 0 Å². The lowest BCUT2D eigenvalue weighted by molar-refractivity contribution is -0.0670. The zero-order valence-electron chi connectivity index (χ0n) is 16.0. The van der Waals surface area contributed by atoms with E-state index in [-0.39, 0.29) is 17.1 Å². The maximum atomic E-state index is 12.6. The zero-order valence-corrected chi connectivity index (χ0v) is 16.8. The van der Waals surface area contributed by atoms with Crippen LogP contribution in [0.25, 0.3) is 0 Å². The summed E-state index contributed by atoms with van der Waals surface area (Å²) < 4.78 is 32.4. The summed E-state index contributed by atoms with van der Waals surface area (Å²) in [7, 11) is -1.40. The highest BCUT2D eigenvalue weighted by Crippen LogP contribution is 2.21. The predicted octanol–water partition coefficient (Wildman–Crippen LogP) is 1.41. The Labute approximate surface area is 157 Å². The van der Waals surface area contributed by atoms with Crippen LogP contribution in [0.3, 0.4) is 0 Å². The lowest BCUT2D eigenvalue weighted by atomic mass is 10.2. The van der Waals surface area contributed by atoms with Crippen molar-refractivity contribution in [3.05, 3.63) is 18.3 Å². The van der Waals surface area contributed by atoms with Crippen LogP contribution >= 0.6 is 0 Å². The molecule has 2 aliphatic heterocycles. The molecule has 8 heteroatoms. The molecule has 2 fully saturated rings. The molecule has 0 bridgehead atoms. The lowest BCUT2D eigenvalue weighted by Gasteiger charge is -2.36. The van der Waals surface area contributed by atoms with Crippen LogP contribution in [0.15, 0.2) is 23.2 Å². The van der Waals surface area contributed by atoms with E-state index in [4.69, 9.17) is 4.74 Å². The second kappa shape index (κ2) is 8.21. The fourth-order valence-electron chi connectivity index (χ4n) is 3.70. The van der Waals surface area contributed by atoms with Crippen molar-refractivity contribution in [3.8, 4) is 0 Å². The van der Waals surface area contributed by atoms with Crippen LogP contribution in [0.1, 0.15) is 26.7 Å². The second-order valence-corrected chi connectivity index (χ2v) is 9.34. The molecule has 3 rings (SSSR count). The summed E-state index contributed by atoms with van der Waals surface area (Å²) in [5.74, 6) is 0.791. The Hall–Kier alpha value is -1.22. The number of morpholine rings is 1. The van der Waals surface area contributed by atoms with Gasteiger partial charge in [-0.05, 0) is 38.8 Å². The van der Waals surface area contributed by atoms with Crippen LogP contribution in [0.2, 0.25) is 0 Å². The molecule has 2 aliphatic rings. The summed E-state index contributed by atoms with van der Waals surface area (Å²) in [6.07, 6.45) is 3.88. The highest BCUT2D eigenvalue weighted by molar-refractivity contribution is 7.89. The summed E-state index contributed by atoms with van der Waals surface area (Å²) >= 11 is 0. The van der Waals surface area contributed by atoms with Gasteiger partial charge in [-0.15, -0.1) is 0 Å². The maximum absolute atomic E-state index is 12.6. The maximum Gasteiger partial charge on any atom is 0.244 e. The third kappa shape index (κ3) is 4.54. The van der Waals surface area contributed by atoms with Crippen LogP contribution in [0.4, 0.5) is 5.82 Å². The monoisotopic (exact) mass is 382 g/mol. The van der Waals surface area contributed by atoms with Crippen molar-refractivity contribution in [2.24, 2.45) is 0 Å². The molecule has 3 heterocycles. The summed E-state index contributed by atoms with van der Waals surface area (Å²) in [6.45, 7) is 9.09. The van der Waals surface area contributed by atoms with E-state index >= 15 is 0 Å². The van der Waals surface area contributed by atoms with E-state index in [0.29, 0.717) is 13.1 Å². The minimum Gasteiger partial charge on any atom is -0.373 e. The second-order valence-electron chi connectivity index (χ2n) is 7.40. The van der Waals surface area contributed by atoms with E-state index in [1.54, 1.807) is 16.4 Å². The molecule has 0 unspecified atom stereocenters. The number of nitrogens with zero attached hydrogens (tertiary/aromatic N) is 4. The van der Waals surface area contributed by atoms with Gasteiger partial charge in [-0.25, -0.2) is 13.4 Å². The first-order valence-electron chi connectivity index (χ1n) is 9.41. The van der Waals surface area contributed by atoms with Crippen molar-refractivity contribution >= 4 is 15.8 Å². The molecule has 0 saturated carbocycles. The Bertz CT molecular complexity index is 679. The molecule has 0 aliphatic carbocycles. The number of ether oxygens (including phenoxy) is 1. The van der Waals surface area contributed by atoms with Gasteiger partial charge in [0.1, 0.15) is 10.7 Å². The van der Waals surface area contributed by atoms with Crippen LogP contribution in [-0.4, -0.2) is 81.1 Å². The summed E-state index contributed by atoms with van der Waals surface area (Å²) in [5.41, 5.74) is 0. The minimum atomic E-state index is -3.39. The molecule has 0 aromatic carbocycles. The SMILES string of the molecule is C[C@@H]1CN(CCN(C)c2ccc(S(=O)(=O)N3CCCC3)cn2)C[C@H](C)O1. The molecule has 26 heavy (non-hydrogen) atoms. The van der Waals surface area contributed by atoms with Crippen LogP contribution in [0, 0.1) is 0 Å². The standard InChI is InChI=1S/C18H30N4O3S/c1-15-13-21(14-16(2)25-15)11-10-20(3)18-7-6-17(12-19-18)26(23,24)22-8-4-5-9-22/h6-7,12,15-16H,4-5,8-11,13-14H2,1-3H3/t15-,16+. The van der Waals surface area contributed by atoms with E-state index < -0.39 is 10.0 Å². The van der Waals surface area contributed by atoms with Gasteiger partial charge in [-0.1, -0.05) is 0 Å². The van der Waals surface area contributed by atoms with Gasteiger partial charge in [-0.3, -0.25) is 4.90 Å². The van der Waals surface area contributed by atoms with Gasteiger partial charge in [-0.2, -0.15) is 4.31 Å². The zero-order chi connectivity index (χ0) is 18.7. The van der Waals surface area contributed by atoms with Crippen LogP contribution in [-0.2, 0) is 14.8 Å². The molecule has 146 valence electrons. The molecule has 2 saturated heterocycles. The molecular weight excluding hydrogens is 352 g/mol. The van der Waals surface area contributed by atoms with Crippen molar-refractivity contribution < 1.29 is 13.2 Å². The molecule has 0 spiro atoms. The Morgan fingerprint density at radius 3 is 2.42 bits per heavy atom. The van der Waals surface area contributed by atoms with Crippen molar-refractivity contribution in [2.45, 2.75) is 43.8 Å². The van der Waals surface area contributed by atoms with Gasteiger partial charge in [0, 0.05) is 52.5 Å². The summed E-state index contributed by atoms with van der Waals surface area (Å²) in [6, 6.07) is 3.47. The van der Waals surface area contributed by atoms with Gasteiger partial charge in [0.15, 0.2) is 0 Å². The number of anilines is 1. The van der Waals surface area contributed by atoms with Crippen LogP contribution < -0.4 is 4.90 Å². The van der Waals surface area contributed by atoms with Gasteiger partial charge in [0.05, 0.1) is 12.2 Å². The topological polar surface area (TPSA) is 66.0 Å². The molecule has 0 radical (unpaired) electrons. The molecular formula is C18H30N4O3S. The van der Waals surface area contributed by atoms with E-state index in [9.17, 15) is 8.42 Å². The molecule has 1 aromatic heterocycles. The first-order chi connectivity index (χ1) is 12.4. The number of hydrogen-bond acceptors (Lipinski definition) is 6. The van der Waals surface area contributed by atoms with Gasteiger partial charge in [0.2, 0.25) is 10.0 Å². The Kier molecular flexibility index (Phi) is 6.17. The largest absolute Gasteiger partial charge is 0.373 e. The highest BCUT2D eigenvalue weighted by Gasteiger charge is 2.27. The number of sulfonamides is 1. The van der Waals surface area contributed by atoms with E-state index in [0.717, 1.165) is 44.8 Å². The highest BCUT2D eigenvalue weighted by atomic mass is 32.2. The number of rotatable bonds is 6. The first kappa shape index (κ1) is 19.5. The molecule has 0 amide bonds. The Morgan fingerprint density at radius 1 is 1.19 bits per heavy atom. The smallest absolute Gasteiger partial charge is 0.244 e. The van der Waals surface area contributed by atoms with Gasteiger partial charge in [0.25, 0.3) is 0 Å². The van der Waals surface area contributed by atoms with E-state index in [2.05, 4.69) is 28.6 Å². The molecule has 2 atom stereocenters. The third-order valence-corrected chi connectivity index (χ3v) is 6.94. The number of likely N-dealkylation sites (N-methyl/N-ethyl adjacent to an activating group) is 1. The molecule has 7 nitrogen and oxygen atoms in total. The molecule has 0 N–H and O–H groups in total. The molecule has 1 aromatic rings. The summed E-state index contributed by atoms with van der Waals surface area (Å²) in [5, 5.41) is 0. The average molecular weight is 383 g/mol. The fourth-order valence-corrected chi connectivity index (χ4v) is 5.16. The van der Waals surface area contributed by atoms with E-state index in [1.165, 1.54) is 6.20 Å². The lowest BCUT2D eigenvalue weighted by Crippen LogP contribution is -2.47. The third-order valence-electron chi connectivity index (χ3n) is 5.06.